The van der Waals surface area contributed by atoms with Crippen LogP contribution >= 0.6 is 24.2 Å². The third-order valence-electron chi connectivity index (χ3n) is 2.35. The number of amidine groups is 1. The topological polar surface area (TPSA) is 59.1 Å². The van der Waals surface area contributed by atoms with E-state index >= 15 is 0 Å². The predicted molar refractivity (Wildman–Crippen MR) is 69.3 cm³/mol. The van der Waals surface area contributed by atoms with E-state index < -0.39 is 0 Å². The first-order chi connectivity index (χ1) is 6.17. The second-order valence-corrected chi connectivity index (χ2v) is 5.87. The Morgan fingerprint density at radius 2 is 1.93 bits per heavy atom. The van der Waals surface area contributed by atoms with Crippen molar-refractivity contribution in [2.45, 2.75) is 18.6 Å². The molecule has 4 nitrogen and oxygen atoms in total. The van der Waals surface area contributed by atoms with Gasteiger partial charge in [-0.1, -0.05) is 11.8 Å². The van der Waals surface area contributed by atoms with E-state index in [2.05, 4.69) is 29.1 Å². The van der Waals surface area contributed by atoms with Crippen LogP contribution in [0.5, 0.6) is 0 Å². The Morgan fingerprint density at radius 1 is 1.33 bits per heavy atom. The Morgan fingerprint density at radius 3 is 2.40 bits per heavy atom. The first-order valence-electron chi connectivity index (χ1n) is 4.86. The minimum absolute atomic E-state index is 0. The summed E-state index contributed by atoms with van der Waals surface area (Å²) in [6.45, 7) is 9.91. The van der Waals surface area contributed by atoms with E-state index in [4.69, 9.17) is 0 Å². The van der Waals surface area contributed by atoms with Crippen molar-refractivity contribution in [3.63, 3.8) is 0 Å². The maximum Gasteiger partial charge on any atom is 0.159 e. The molecule has 2 aliphatic heterocycles. The van der Waals surface area contributed by atoms with Gasteiger partial charge in [-0.25, -0.2) is 0 Å². The molecule has 0 saturated carbocycles. The van der Waals surface area contributed by atoms with Crippen molar-refractivity contribution < 1.29 is 5.48 Å². The van der Waals surface area contributed by atoms with Crippen LogP contribution in [0.4, 0.5) is 0 Å². The molecule has 0 bridgehead atoms. The highest BCUT2D eigenvalue weighted by Gasteiger charge is 2.30. The van der Waals surface area contributed by atoms with Crippen LogP contribution in [0.1, 0.15) is 13.8 Å². The third kappa shape index (κ3) is 3.83. The van der Waals surface area contributed by atoms with Gasteiger partial charge < -0.3 is 15.7 Å². The number of aliphatic imine (C=N–C) groups is 1. The van der Waals surface area contributed by atoms with Crippen molar-refractivity contribution in [2.24, 2.45) is 4.99 Å². The SMILES string of the molecule is CC1(C)CN=C(N2CCNCC2)S1.Cl.O. The molecule has 3 N–H and O–H groups in total. The van der Waals surface area contributed by atoms with Gasteiger partial charge in [-0.15, -0.1) is 12.4 Å². The van der Waals surface area contributed by atoms with Gasteiger partial charge in [0, 0.05) is 30.9 Å². The lowest BCUT2D eigenvalue weighted by Gasteiger charge is -2.29. The van der Waals surface area contributed by atoms with Crippen LogP contribution < -0.4 is 5.32 Å². The van der Waals surface area contributed by atoms with Gasteiger partial charge in [-0.05, 0) is 13.8 Å². The van der Waals surface area contributed by atoms with Crippen LogP contribution in [-0.4, -0.2) is 53.0 Å². The largest absolute Gasteiger partial charge is 0.412 e. The normalized spacial score (nSPS) is 23.9. The fraction of sp³-hybridized carbons (Fsp3) is 0.889. The van der Waals surface area contributed by atoms with Crippen molar-refractivity contribution in [1.29, 1.82) is 0 Å². The molecule has 90 valence electrons. The molecule has 0 aromatic rings. The summed E-state index contributed by atoms with van der Waals surface area (Å²) in [5.74, 6) is 0. The molecule has 0 spiro atoms. The van der Waals surface area contributed by atoms with E-state index in [1.807, 2.05) is 11.8 Å². The van der Waals surface area contributed by atoms with Gasteiger partial charge in [0.1, 0.15) is 0 Å². The summed E-state index contributed by atoms with van der Waals surface area (Å²) >= 11 is 1.92. The predicted octanol–water partition coefficient (Wildman–Crippen LogP) is 0.370. The molecule has 2 heterocycles. The van der Waals surface area contributed by atoms with E-state index in [1.165, 1.54) is 5.17 Å². The molecule has 0 aromatic heterocycles. The number of piperazine rings is 1. The first-order valence-corrected chi connectivity index (χ1v) is 5.68. The number of hydrogen-bond acceptors (Lipinski definition) is 4. The molecule has 2 rings (SSSR count). The van der Waals surface area contributed by atoms with Crippen molar-refractivity contribution >= 4 is 29.3 Å². The van der Waals surface area contributed by atoms with Crippen LogP contribution in [0.2, 0.25) is 0 Å². The summed E-state index contributed by atoms with van der Waals surface area (Å²) in [4.78, 5) is 6.99. The highest BCUT2D eigenvalue weighted by atomic mass is 35.5. The summed E-state index contributed by atoms with van der Waals surface area (Å²) < 4.78 is 0.320. The Bertz CT molecular complexity index is 229. The number of nitrogens with one attached hydrogen (secondary N) is 1. The lowest BCUT2D eigenvalue weighted by molar-refractivity contribution is 0.363. The van der Waals surface area contributed by atoms with Gasteiger partial charge >= 0.3 is 0 Å². The smallest absolute Gasteiger partial charge is 0.159 e. The molecule has 1 saturated heterocycles. The lowest BCUT2D eigenvalue weighted by Crippen LogP contribution is -2.45. The second kappa shape index (κ2) is 5.94. The van der Waals surface area contributed by atoms with E-state index in [0.717, 1.165) is 32.7 Å². The number of thioether (sulfide) groups is 1. The molecular weight excluding hydrogens is 234 g/mol. The Balaban J connectivity index is 0.000000980. The van der Waals surface area contributed by atoms with Gasteiger partial charge in [-0.2, -0.15) is 0 Å². The fourth-order valence-electron chi connectivity index (χ4n) is 1.59. The molecule has 2 aliphatic rings. The van der Waals surface area contributed by atoms with Crippen LogP contribution in [0.15, 0.2) is 4.99 Å². The minimum Gasteiger partial charge on any atom is -0.412 e. The zero-order valence-corrected chi connectivity index (χ0v) is 10.9. The maximum atomic E-state index is 4.59. The fourth-order valence-corrected chi connectivity index (χ4v) is 2.65. The summed E-state index contributed by atoms with van der Waals surface area (Å²) in [7, 11) is 0. The molecule has 0 aliphatic carbocycles. The molecule has 1 fully saturated rings. The number of rotatable bonds is 0. The molecular formula is C9H20ClN3OS. The third-order valence-corrected chi connectivity index (χ3v) is 3.60. The Labute approximate surface area is 102 Å². The summed E-state index contributed by atoms with van der Waals surface area (Å²) in [5.41, 5.74) is 0. The molecule has 0 atom stereocenters. The van der Waals surface area contributed by atoms with E-state index in [9.17, 15) is 0 Å². The molecule has 0 amide bonds. The molecule has 6 heteroatoms. The zero-order chi connectivity index (χ0) is 9.31. The molecule has 15 heavy (non-hydrogen) atoms. The van der Waals surface area contributed by atoms with Crippen LogP contribution in [-0.2, 0) is 0 Å². The molecule has 0 aromatic carbocycles. The summed E-state index contributed by atoms with van der Waals surface area (Å²) in [6, 6.07) is 0. The highest BCUT2D eigenvalue weighted by molar-refractivity contribution is 8.15. The van der Waals surface area contributed by atoms with E-state index in [1.54, 1.807) is 0 Å². The van der Waals surface area contributed by atoms with Gasteiger partial charge in [-0.3, -0.25) is 4.99 Å². The van der Waals surface area contributed by atoms with E-state index in [-0.39, 0.29) is 17.9 Å². The molecule has 0 radical (unpaired) electrons. The Hall–Kier alpha value is 0.0300. The maximum absolute atomic E-state index is 4.59. The lowest BCUT2D eigenvalue weighted by atomic mass is 10.2. The number of nitrogens with zero attached hydrogens (tertiary/aromatic N) is 2. The highest BCUT2D eigenvalue weighted by Crippen LogP contribution is 2.33. The van der Waals surface area contributed by atoms with E-state index in [0.29, 0.717) is 4.75 Å². The number of hydrogen-bond donors (Lipinski definition) is 1. The average molecular weight is 254 g/mol. The first kappa shape index (κ1) is 15.0. The van der Waals surface area contributed by atoms with Crippen LogP contribution in [0.3, 0.4) is 0 Å². The zero-order valence-electron chi connectivity index (χ0n) is 9.25. The van der Waals surface area contributed by atoms with Crippen LogP contribution in [0.25, 0.3) is 0 Å². The monoisotopic (exact) mass is 253 g/mol. The summed E-state index contributed by atoms with van der Waals surface area (Å²) in [6.07, 6.45) is 0. The minimum atomic E-state index is 0. The number of halogens is 1. The summed E-state index contributed by atoms with van der Waals surface area (Å²) in [5, 5.41) is 4.61. The van der Waals surface area contributed by atoms with Gasteiger partial charge in [0.2, 0.25) is 0 Å². The van der Waals surface area contributed by atoms with Crippen molar-refractivity contribution in [3.8, 4) is 0 Å². The molecule has 0 unspecified atom stereocenters. The Kier molecular flexibility index (Phi) is 5.95. The van der Waals surface area contributed by atoms with Crippen LogP contribution in [0, 0.1) is 0 Å². The van der Waals surface area contributed by atoms with Crippen molar-refractivity contribution in [3.05, 3.63) is 0 Å². The van der Waals surface area contributed by atoms with Gasteiger partial charge in [0.25, 0.3) is 0 Å². The van der Waals surface area contributed by atoms with Crippen molar-refractivity contribution in [1.82, 2.24) is 10.2 Å². The second-order valence-electron chi connectivity index (χ2n) is 4.20. The average Bonchev–Trinajstić information content (AvgIpc) is 2.48. The van der Waals surface area contributed by atoms with Gasteiger partial charge in [0.15, 0.2) is 5.17 Å². The van der Waals surface area contributed by atoms with Crippen molar-refractivity contribution in [2.75, 3.05) is 32.7 Å². The quantitative estimate of drug-likeness (QED) is 0.679. The van der Waals surface area contributed by atoms with Gasteiger partial charge in [0.05, 0.1) is 6.54 Å². The standard InChI is InChI=1S/C9H17N3S.ClH.H2O/c1-9(2)7-11-8(13-9)12-5-3-10-4-6-12;;/h10H,3-7H2,1-2H3;1H;1H2.